The third-order valence-electron chi connectivity index (χ3n) is 17.1. The van der Waals surface area contributed by atoms with Gasteiger partial charge in [0.25, 0.3) is 0 Å². The van der Waals surface area contributed by atoms with E-state index in [1.54, 1.807) is 0 Å². The first kappa shape index (κ1) is 23.9. The normalized spacial score (nSPS) is 20.2. The minimum Gasteiger partial charge on any atom is -0.456 e. The summed E-state index contributed by atoms with van der Waals surface area (Å²) in [5.41, 5.74) is -12.2. The first-order chi connectivity index (χ1) is 75.6. The van der Waals surface area contributed by atoms with Crippen LogP contribution >= 0.6 is 0 Å². The number of fused-ring (bicyclic) bond motifs is 18. The Morgan fingerprint density at radius 1 is 0.157 bits per heavy atom. The number of furan rings is 2. The van der Waals surface area contributed by atoms with Gasteiger partial charge < -0.3 is 8.83 Å². The molecule has 2 heteroatoms. The minimum absolute atomic E-state index is 0.412. The predicted molar refractivity (Wildman–Crippen MR) is 435 cm³/mol. The van der Waals surface area contributed by atoms with Gasteiger partial charge >= 0.3 is 0 Å². The fraction of sp³-hybridized carbons (Fsp3) is 0. The zero-order valence-corrected chi connectivity index (χ0v) is 50.8. The summed E-state index contributed by atoms with van der Waals surface area (Å²) in [5, 5.41) is -15.8. The fourth-order valence-corrected chi connectivity index (χ4v) is 12.8. The summed E-state index contributed by atoms with van der Waals surface area (Å²) in [6, 6.07) is -56.7. The predicted octanol–water partition coefficient (Wildman–Crippen LogP) is 28.7. The van der Waals surface area contributed by atoms with Gasteiger partial charge in [-0.05, 0) is 229 Å². The van der Waals surface area contributed by atoms with Gasteiger partial charge in [0.2, 0.25) is 0 Å². The van der Waals surface area contributed by atoms with Gasteiger partial charge in [0.15, 0.2) is 0 Å². The van der Waals surface area contributed by atoms with E-state index in [2.05, 4.69) is 0 Å². The molecule has 0 atom stereocenters. The van der Waals surface area contributed by atoms with Crippen molar-refractivity contribution in [1.29, 1.82) is 0 Å². The zero-order chi connectivity index (χ0) is 119. The minimum atomic E-state index is -1.10. The fourth-order valence-electron chi connectivity index (χ4n) is 12.8. The molecule has 0 saturated heterocycles. The quantitative estimate of drug-likeness (QED) is 0.155. The van der Waals surface area contributed by atoms with E-state index >= 15 is 0 Å². The summed E-state index contributed by atoms with van der Waals surface area (Å²) in [5.74, 6) is 0. The van der Waals surface area contributed by atoms with Gasteiger partial charge in [-0.1, -0.05) is 308 Å². The Kier molecular flexibility index (Phi) is 5.42. The highest BCUT2D eigenvalue weighted by molar-refractivity contribution is 6.26. The lowest BCUT2D eigenvalue weighted by Gasteiger charge is -2.19. The zero-order valence-electron chi connectivity index (χ0n) is 111. The largest absolute Gasteiger partial charge is 0.456 e. The van der Waals surface area contributed by atoms with E-state index in [1.807, 2.05) is 0 Å². The molecule has 2 aromatic heterocycles. The summed E-state index contributed by atoms with van der Waals surface area (Å²) >= 11 is 0. The summed E-state index contributed by atoms with van der Waals surface area (Å²) < 4.78 is 558. The van der Waals surface area contributed by atoms with Gasteiger partial charge in [0.05, 0.1) is 82.2 Å². The Hall–Kier alpha value is -13.4. The molecule has 22 aromatic rings. The van der Waals surface area contributed by atoms with Gasteiger partial charge in [0.1, 0.15) is 22.3 Å². The van der Waals surface area contributed by atoms with Gasteiger partial charge in [0, 0.05) is 21.5 Å². The molecule has 22 rings (SSSR count). The lowest BCUT2D eigenvalue weighted by atomic mass is 9.84. The Morgan fingerprint density at radius 2 is 0.431 bits per heavy atom. The Bertz CT molecular complexity index is 10900. The van der Waals surface area contributed by atoms with E-state index in [1.165, 1.54) is 0 Å². The molecule has 20 aromatic carbocycles. The topological polar surface area (TPSA) is 26.3 Å². The molecule has 0 fully saturated rings. The number of rotatable bonds is 6. The van der Waals surface area contributed by atoms with E-state index in [0.717, 1.165) is 0 Å². The van der Waals surface area contributed by atoms with Crippen molar-refractivity contribution in [3.05, 3.63) is 363 Å². The standard InChI is InChI=1S/2C50H30O/c1-3-15-36-31(11-1)13-10-22-39(36)49-42-19-7-5-17-40(42)48(41-18-6-8-20-43(41)49)35-24-23-33-14-9-21-37(44(33)30-35)34-26-27-46-45(29-34)50-38-16-4-2-12-32(38)25-28-47(50)51-46;1-2-12-34-28-36(22-20-31(34)10-1)48-40-15-5-7-17-42(40)49(43-18-8-6-16-41(43)48)37-23-21-33-13-9-19-38(44(33)30-37)35-25-26-46-45(29-35)50-39-14-4-3-11-32(39)24-27-47(50)51-46/h2*1-30H/i2*1D,2D,3D,4D,5D,6D,7D,8D,9D,10D,11D,12D,13D,14D,15D,16D,17D,18D,19D,20D,21D,22D,23D,24D,25D,26D,27D,28D,29D,30D. The van der Waals surface area contributed by atoms with Crippen molar-refractivity contribution < 1.29 is 91.1 Å². The highest BCUT2D eigenvalue weighted by Crippen LogP contribution is 2.49. The molecule has 2 heterocycles. The molecule has 2 nitrogen and oxygen atoms in total. The summed E-state index contributed by atoms with van der Waals surface area (Å²) in [7, 11) is 0. The third-order valence-corrected chi connectivity index (χ3v) is 17.1. The maximum atomic E-state index is 10.2. The molecule has 0 bridgehead atoms. The van der Waals surface area contributed by atoms with Crippen LogP contribution in [0.25, 0.3) is 218 Å². The first-order valence-electron chi connectivity index (χ1n) is 60.3. The van der Waals surface area contributed by atoms with Gasteiger partial charge in [-0.3, -0.25) is 0 Å². The van der Waals surface area contributed by atoms with E-state index in [4.69, 9.17) is 56.8 Å². The molecule has 472 valence electrons. The van der Waals surface area contributed by atoms with Crippen molar-refractivity contribution in [3.8, 4) is 66.8 Å². The van der Waals surface area contributed by atoms with Crippen LogP contribution in [-0.2, 0) is 0 Å². The molecule has 0 amide bonds. The van der Waals surface area contributed by atoms with E-state index in [0.29, 0.717) is 0 Å². The SMILES string of the molecule is [2H]c1c(-c2c([2H])c([2H])c([2H])c3c([2H])c([2H])c(-c4c5c([2H])c([2H])c([2H])c([2H])c5c(-c5c([2H])c([2H])c([2H])c6c([2H])c([2H])c([2H])c([2H])c56)c5c([2H])c([2H])c([2H])c([2H])c45)c([2H])c23)c([2H])c2c(oc3c([2H])c([2H])c4c([2H])c([2H])c([2H])c([2H])c4c32)c1[2H].[2H]c1c(-c2c([2H])c([2H])c([2H])c3c([2H])c([2H])c(-c4c5c([2H])c([2H])c([2H])c([2H])c5c(-c5c([2H])c([2H])c6c([2H])c([2H])c([2H])c([2H])c6c5[2H])c5c([2H])c([2H])c([2H])c([2H])c45)c([2H])c23)c([2H])c2c(oc3c([2H])c([2H])c4c([2H])c([2H])c([2H])c([2H])c4c32)c1[2H]. The van der Waals surface area contributed by atoms with Crippen LogP contribution in [0.4, 0.5) is 0 Å². The van der Waals surface area contributed by atoms with Gasteiger partial charge in [-0.25, -0.2) is 0 Å². The Morgan fingerprint density at radius 3 is 0.863 bits per heavy atom. The molecular formula is C100H60O2. The second-order valence-electron chi connectivity index (χ2n) is 22.5. The molecule has 0 unspecified atom stereocenters. The molecule has 0 N–H and O–H groups in total. The molecular weight excluding hydrogens is 1230 g/mol. The van der Waals surface area contributed by atoms with Crippen LogP contribution < -0.4 is 0 Å². The summed E-state index contributed by atoms with van der Waals surface area (Å²) in [4.78, 5) is 0. The second kappa shape index (κ2) is 23.1. The van der Waals surface area contributed by atoms with E-state index < -0.39 is 581 Å². The van der Waals surface area contributed by atoms with Crippen LogP contribution in [0.15, 0.2) is 371 Å². The molecule has 0 spiro atoms. The lowest BCUT2D eigenvalue weighted by Crippen LogP contribution is -1.92. The van der Waals surface area contributed by atoms with Crippen LogP contribution in [0.2, 0.25) is 0 Å². The third kappa shape index (κ3) is 9.13. The van der Waals surface area contributed by atoms with Crippen molar-refractivity contribution >= 4 is 152 Å². The number of hydrogen-bond acceptors (Lipinski definition) is 2. The monoisotopic (exact) mass is 1350 g/mol. The Labute approximate surface area is 671 Å². The van der Waals surface area contributed by atoms with Crippen molar-refractivity contribution in [3.63, 3.8) is 0 Å². The van der Waals surface area contributed by atoms with E-state index in [-0.39, 0.29) is 0 Å². The Balaban J connectivity index is 0.000000186. The molecule has 0 aliphatic heterocycles. The summed E-state index contributed by atoms with van der Waals surface area (Å²) in [6.45, 7) is 0. The highest BCUT2D eigenvalue weighted by Gasteiger charge is 2.22. The smallest absolute Gasteiger partial charge is 0.136 e. The lowest BCUT2D eigenvalue weighted by molar-refractivity contribution is 0.669. The van der Waals surface area contributed by atoms with Crippen molar-refractivity contribution in [2.75, 3.05) is 0 Å². The average molecular weight is 1350 g/mol. The van der Waals surface area contributed by atoms with Crippen LogP contribution in [0, 0.1) is 0 Å². The van der Waals surface area contributed by atoms with Crippen molar-refractivity contribution in [1.82, 2.24) is 0 Å². The van der Waals surface area contributed by atoms with E-state index in [9.17, 15) is 34.3 Å². The van der Waals surface area contributed by atoms with Crippen molar-refractivity contribution in [2.45, 2.75) is 0 Å². The summed E-state index contributed by atoms with van der Waals surface area (Å²) in [6.07, 6.45) is 0. The van der Waals surface area contributed by atoms with Crippen LogP contribution in [0.1, 0.15) is 82.2 Å². The van der Waals surface area contributed by atoms with Crippen LogP contribution in [0.3, 0.4) is 0 Å². The molecule has 0 saturated carbocycles. The molecule has 0 radical (unpaired) electrons. The van der Waals surface area contributed by atoms with Gasteiger partial charge in [-0.15, -0.1) is 0 Å². The molecule has 102 heavy (non-hydrogen) atoms. The van der Waals surface area contributed by atoms with Crippen molar-refractivity contribution in [2.24, 2.45) is 0 Å². The number of benzene rings is 20. The highest BCUT2D eigenvalue weighted by atomic mass is 16.3. The van der Waals surface area contributed by atoms with Crippen LogP contribution in [0.5, 0.6) is 0 Å². The molecule has 0 aliphatic carbocycles. The number of hydrogen-bond donors (Lipinski definition) is 0. The maximum Gasteiger partial charge on any atom is 0.136 e. The second-order valence-corrected chi connectivity index (χ2v) is 22.5. The average Bonchev–Trinajstić information content (AvgIpc) is 0.894. The maximum absolute atomic E-state index is 10.2. The van der Waals surface area contributed by atoms with Gasteiger partial charge in [-0.2, -0.15) is 0 Å². The first-order valence-corrected chi connectivity index (χ1v) is 30.3. The molecule has 0 aliphatic rings. The van der Waals surface area contributed by atoms with Crippen LogP contribution in [-0.4, -0.2) is 0 Å².